The zero-order valence-corrected chi connectivity index (χ0v) is 14.9. The summed E-state index contributed by atoms with van der Waals surface area (Å²) in [5.74, 6) is 0.702. The summed E-state index contributed by atoms with van der Waals surface area (Å²) < 4.78 is 45.9. The van der Waals surface area contributed by atoms with Crippen molar-refractivity contribution in [3.63, 3.8) is 0 Å². The number of ether oxygens (including phenoxy) is 1. The fraction of sp³-hybridized carbons (Fsp3) is 0.389. The summed E-state index contributed by atoms with van der Waals surface area (Å²) in [4.78, 5) is 4.35. The van der Waals surface area contributed by atoms with E-state index in [9.17, 15) is 12.8 Å². The minimum Gasteiger partial charge on any atom is -0.376 e. The first kappa shape index (κ1) is 17.4. The first-order valence-corrected chi connectivity index (χ1v) is 10.0. The van der Waals surface area contributed by atoms with Gasteiger partial charge in [0.05, 0.1) is 17.6 Å². The summed E-state index contributed by atoms with van der Waals surface area (Å²) in [6.07, 6.45) is 1.63. The van der Waals surface area contributed by atoms with Gasteiger partial charge in [0, 0.05) is 37.7 Å². The molecule has 2 aliphatic heterocycles. The first-order chi connectivity index (χ1) is 12.5. The van der Waals surface area contributed by atoms with Crippen molar-refractivity contribution >= 4 is 15.8 Å². The van der Waals surface area contributed by atoms with Crippen molar-refractivity contribution in [1.82, 2.24) is 9.29 Å². The summed E-state index contributed by atoms with van der Waals surface area (Å²) in [6, 6.07) is 10.6. The van der Waals surface area contributed by atoms with Gasteiger partial charge < -0.3 is 10.1 Å². The van der Waals surface area contributed by atoms with E-state index in [-0.39, 0.29) is 22.8 Å². The van der Waals surface area contributed by atoms with E-state index >= 15 is 0 Å². The van der Waals surface area contributed by atoms with Gasteiger partial charge in [-0.25, -0.2) is 17.8 Å². The summed E-state index contributed by atoms with van der Waals surface area (Å²) >= 11 is 0. The van der Waals surface area contributed by atoms with Crippen molar-refractivity contribution < 1.29 is 17.5 Å². The van der Waals surface area contributed by atoms with E-state index in [0.717, 1.165) is 5.82 Å². The van der Waals surface area contributed by atoms with Crippen LogP contribution in [-0.2, 0) is 14.8 Å². The molecule has 8 heteroatoms. The number of sulfonamides is 1. The maximum atomic E-state index is 13.1. The summed E-state index contributed by atoms with van der Waals surface area (Å²) in [7, 11) is -3.63. The van der Waals surface area contributed by atoms with Crippen LogP contribution >= 0.6 is 0 Å². The number of benzene rings is 1. The van der Waals surface area contributed by atoms with Crippen LogP contribution < -0.4 is 5.32 Å². The van der Waals surface area contributed by atoms with Gasteiger partial charge in [-0.1, -0.05) is 6.07 Å². The van der Waals surface area contributed by atoms with Gasteiger partial charge in [0.25, 0.3) is 0 Å². The monoisotopic (exact) mass is 377 g/mol. The van der Waals surface area contributed by atoms with Crippen LogP contribution in [-0.4, -0.2) is 50.1 Å². The fourth-order valence-electron chi connectivity index (χ4n) is 3.63. The van der Waals surface area contributed by atoms with Gasteiger partial charge in [-0.3, -0.25) is 0 Å². The number of hydrogen-bond acceptors (Lipinski definition) is 5. The molecular weight excluding hydrogens is 357 g/mol. The largest absolute Gasteiger partial charge is 0.376 e. The smallest absolute Gasteiger partial charge is 0.243 e. The van der Waals surface area contributed by atoms with Crippen molar-refractivity contribution in [3.8, 4) is 0 Å². The number of hydrogen-bond donors (Lipinski definition) is 1. The molecular formula is C18H20FN3O3S. The topological polar surface area (TPSA) is 71.5 Å². The SMILES string of the molecule is O=S(=O)(c1ccc(F)cc1)N1C[C@H]2[C@@H](CNc3ccccn3)CO[C@H]2C1. The number of rotatable bonds is 5. The van der Waals surface area contributed by atoms with Gasteiger partial charge in [0.1, 0.15) is 11.6 Å². The predicted molar refractivity (Wildman–Crippen MR) is 94.6 cm³/mol. The van der Waals surface area contributed by atoms with Crippen LogP contribution in [0.1, 0.15) is 0 Å². The van der Waals surface area contributed by atoms with Crippen LogP contribution in [0.4, 0.5) is 10.2 Å². The van der Waals surface area contributed by atoms with E-state index in [4.69, 9.17) is 4.74 Å². The van der Waals surface area contributed by atoms with Crippen LogP contribution in [0.15, 0.2) is 53.6 Å². The van der Waals surface area contributed by atoms with Crippen molar-refractivity contribution in [3.05, 3.63) is 54.5 Å². The molecule has 0 spiro atoms. The Hall–Kier alpha value is -2.03. The molecule has 2 fully saturated rings. The molecule has 0 aliphatic carbocycles. The molecule has 2 aromatic rings. The molecule has 3 atom stereocenters. The minimum atomic E-state index is -3.63. The van der Waals surface area contributed by atoms with E-state index in [2.05, 4.69) is 10.3 Å². The average molecular weight is 377 g/mol. The molecule has 0 bridgehead atoms. The van der Waals surface area contributed by atoms with E-state index in [1.807, 2.05) is 18.2 Å². The molecule has 2 aliphatic rings. The molecule has 1 aromatic carbocycles. The Morgan fingerprint density at radius 3 is 2.73 bits per heavy atom. The Bertz CT molecular complexity index is 861. The lowest BCUT2D eigenvalue weighted by Crippen LogP contribution is -2.32. The minimum absolute atomic E-state index is 0.0965. The summed E-state index contributed by atoms with van der Waals surface area (Å²) in [5, 5.41) is 3.29. The standard InChI is InChI=1S/C18H20FN3O3S/c19-14-4-6-15(7-5-14)26(23,24)22-10-16-13(12-25-17(16)11-22)9-21-18-3-1-2-8-20-18/h1-8,13,16-17H,9-12H2,(H,20,21)/t13-,16-,17-/m0/s1. The van der Waals surface area contributed by atoms with Crippen LogP contribution in [0, 0.1) is 17.7 Å². The van der Waals surface area contributed by atoms with E-state index < -0.39 is 15.8 Å². The highest BCUT2D eigenvalue weighted by atomic mass is 32.2. The number of aromatic nitrogens is 1. The lowest BCUT2D eigenvalue weighted by Gasteiger charge is -2.20. The molecule has 4 rings (SSSR count). The van der Waals surface area contributed by atoms with Crippen LogP contribution in [0.5, 0.6) is 0 Å². The third-order valence-electron chi connectivity index (χ3n) is 5.07. The molecule has 6 nitrogen and oxygen atoms in total. The van der Waals surface area contributed by atoms with Crippen LogP contribution in [0.2, 0.25) is 0 Å². The zero-order valence-electron chi connectivity index (χ0n) is 14.1. The Labute approximate surface area is 152 Å². The molecule has 0 amide bonds. The van der Waals surface area contributed by atoms with Gasteiger partial charge in [0.15, 0.2) is 0 Å². The van der Waals surface area contributed by atoms with Gasteiger partial charge in [0.2, 0.25) is 10.0 Å². The molecule has 2 saturated heterocycles. The Morgan fingerprint density at radius 1 is 1.19 bits per heavy atom. The predicted octanol–water partition coefficient (Wildman–Crippen LogP) is 1.97. The Kier molecular flexibility index (Phi) is 4.64. The highest BCUT2D eigenvalue weighted by molar-refractivity contribution is 7.89. The van der Waals surface area contributed by atoms with Crippen molar-refractivity contribution in [1.29, 1.82) is 0 Å². The first-order valence-electron chi connectivity index (χ1n) is 8.56. The normalized spacial score (nSPS) is 26.0. The van der Waals surface area contributed by atoms with Crippen molar-refractivity contribution in [2.75, 3.05) is 31.6 Å². The van der Waals surface area contributed by atoms with Gasteiger partial charge in [-0.05, 0) is 36.4 Å². The average Bonchev–Trinajstić information content (AvgIpc) is 3.23. The maximum Gasteiger partial charge on any atom is 0.243 e. The second kappa shape index (κ2) is 6.94. The third-order valence-corrected chi connectivity index (χ3v) is 6.91. The highest BCUT2D eigenvalue weighted by Gasteiger charge is 2.47. The number of halogens is 1. The quantitative estimate of drug-likeness (QED) is 0.863. The number of pyridine rings is 1. The van der Waals surface area contributed by atoms with Gasteiger partial charge >= 0.3 is 0 Å². The molecule has 3 heterocycles. The fourth-order valence-corrected chi connectivity index (χ4v) is 5.12. The molecule has 138 valence electrons. The number of anilines is 1. The van der Waals surface area contributed by atoms with Crippen molar-refractivity contribution in [2.45, 2.75) is 11.0 Å². The van der Waals surface area contributed by atoms with Gasteiger partial charge in [-0.15, -0.1) is 0 Å². The lowest BCUT2D eigenvalue weighted by atomic mass is 9.93. The molecule has 1 aromatic heterocycles. The Morgan fingerprint density at radius 2 is 2.00 bits per heavy atom. The second-order valence-electron chi connectivity index (χ2n) is 6.67. The third kappa shape index (κ3) is 3.32. The Balaban J connectivity index is 1.43. The molecule has 0 saturated carbocycles. The zero-order chi connectivity index (χ0) is 18.1. The van der Waals surface area contributed by atoms with Gasteiger partial charge in [-0.2, -0.15) is 4.31 Å². The molecule has 0 radical (unpaired) electrons. The highest BCUT2D eigenvalue weighted by Crippen LogP contribution is 2.36. The number of fused-ring (bicyclic) bond motifs is 1. The number of nitrogens with one attached hydrogen (secondary N) is 1. The summed E-state index contributed by atoms with van der Waals surface area (Å²) in [6.45, 7) is 2.05. The second-order valence-corrected chi connectivity index (χ2v) is 8.61. The van der Waals surface area contributed by atoms with Crippen LogP contribution in [0.25, 0.3) is 0 Å². The van der Waals surface area contributed by atoms with E-state index in [1.165, 1.54) is 28.6 Å². The lowest BCUT2D eigenvalue weighted by molar-refractivity contribution is 0.104. The van der Waals surface area contributed by atoms with E-state index in [0.29, 0.717) is 26.2 Å². The summed E-state index contributed by atoms with van der Waals surface area (Å²) in [5.41, 5.74) is 0. The van der Waals surface area contributed by atoms with E-state index in [1.54, 1.807) is 6.20 Å². The van der Waals surface area contributed by atoms with Crippen LogP contribution in [0.3, 0.4) is 0 Å². The van der Waals surface area contributed by atoms with Crippen molar-refractivity contribution in [2.24, 2.45) is 11.8 Å². The maximum absolute atomic E-state index is 13.1. The number of nitrogens with zero attached hydrogens (tertiary/aromatic N) is 2. The molecule has 0 unspecified atom stereocenters. The molecule has 1 N–H and O–H groups in total. The molecule has 26 heavy (non-hydrogen) atoms.